The molecule has 0 aliphatic heterocycles. The van der Waals surface area contributed by atoms with E-state index in [1.165, 1.54) is 6.07 Å². The van der Waals surface area contributed by atoms with Gasteiger partial charge in [0, 0.05) is 0 Å². The fraction of sp³-hybridized carbons (Fsp3) is 0.333. The van der Waals surface area contributed by atoms with Gasteiger partial charge in [-0.1, -0.05) is 17.7 Å². The van der Waals surface area contributed by atoms with Crippen molar-refractivity contribution in [2.75, 3.05) is 7.11 Å². The first kappa shape index (κ1) is 21.6. The molecule has 1 aliphatic carbocycles. The van der Waals surface area contributed by atoms with Crippen LogP contribution in [0.4, 0.5) is 22.8 Å². The molecule has 1 N–H and O–H groups in total. The molecule has 1 atom stereocenters. The molecule has 1 aromatic rings. The van der Waals surface area contributed by atoms with Crippen LogP contribution in [0.5, 0.6) is 0 Å². The molecule has 0 amide bonds. The Labute approximate surface area is 163 Å². The number of hydrogen-bond donors (Lipinski definition) is 1. The normalized spacial score (nSPS) is 17.5. The third-order valence-corrected chi connectivity index (χ3v) is 4.41. The van der Waals surface area contributed by atoms with Crippen LogP contribution in [0.15, 0.2) is 40.9 Å². The molecule has 2 rings (SSSR count). The first-order chi connectivity index (χ1) is 13.0. The largest absolute Gasteiger partial charge is 0.513 e. The highest BCUT2D eigenvalue weighted by molar-refractivity contribution is 6.31. The second-order valence-corrected chi connectivity index (χ2v) is 6.47. The van der Waals surface area contributed by atoms with Gasteiger partial charge in [-0.15, -0.1) is 0 Å². The Morgan fingerprint density at radius 1 is 1.14 bits per heavy atom. The Balaban J connectivity index is 2.68. The van der Waals surface area contributed by atoms with E-state index >= 15 is 0 Å². The fourth-order valence-corrected chi connectivity index (χ4v) is 3.17. The molecular weight excluding hydrogens is 405 g/mol. The number of allylic oxidation sites excluding steroid dienone is 2. The van der Waals surface area contributed by atoms with Crippen LogP contribution in [0.1, 0.15) is 37.3 Å². The van der Waals surface area contributed by atoms with Crippen LogP contribution >= 0.6 is 11.6 Å². The molecule has 0 fully saturated rings. The molecule has 10 heteroatoms. The quantitative estimate of drug-likeness (QED) is 0.615. The van der Waals surface area contributed by atoms with Crippen molar-refractivity contribution in [1.29, 1.82) is 0 Å². The smallest absolute Gasteiger partial charge is 0.449 e. The summed E-state index contributed by atoms with van der Waals surface area (Å²) >= 11 is 5.67. The predicted molar refractivity (Wildman–Crippen MR) is 91.8 cm³/mol. The molecule has 0 bridgehead atoms. The van der Waals surface area contributed by atoms with Crippen molar-refractivity contribution >= 4 is 23.9 Å². The lowest BCUT2D eigenvalue weighted by Gasteiger charge is -2.29. The van der Waals surface area contributed by atoms with Crippen LogP contribution in [0.25, 0.3) is 0 Å². The van der Waals surface area contributed by atoms with E-state index in [9.17, 15) is 22.8 Å². The van der Waals surface area contributed by atoms with E-state index in [0.29, 0.717) is 11.1 Å². The van der Waals surface area contributed by atoms with Gasteiger partial charge in [-0.3, -0.25) is 0 Å². The van der Waals surface area contributed by atoms with Gasteiger partial charge in [0.25, 0.3) is 0 Å². The zero-order valence-electron chi connectivity index (χ0n) is 15.0. The summed E-state index contributed by atoms with van der Waals surface area (Å²) in [6.45, 7) is 3.18. The van der Waals surface area contributed by atoms with Crippen molar-refractivity contribution in [3.8, 4) is 0 Å². The van der Waals surface area contributed by atoms with Crippen molar-refractivity contribution in [2.45, 2.75) is 32.4 Å². The molecule has 0 heterocycles. The number of alkyl halides is 3. The highest BCUT2D eigenvalue weighted by Gasteiger charge is 2.38. The van der Waals surface area contributed by atoms with Crippen molar-refractivity contribution in [3.63, 3.8) is 0 Å². The summed E-state index contributed by atoms with van der Waals surface area (Å²) in [6.07, 6.45) is -7.29. The van der Waals surface area contributed by atoms with Crippen molar-refractivity contribution in [2.24, 2.45) is 0 Å². The minimum atomic E-state index is -4.74. The number of carbonyl (C=O) groups excluding carboxylic acids is 1. The third-order valence-electron chi connectivity index (χ3n) is 4.08. The second kappa shape index (κ2) is 8.14. The average molecular weight is 421 g/mol. The summed E-state index contributed by atoms with van der Waals surface area (Å²) in [6, 6.07) is 3.08. The maximum absolute atomic E-state index is 13.3. The molecule has 1 unspecified atom stereocenters. The van der Waals surface area contributed by atoms with Crippen LogP contribution in [0.2, 0.25) is 5.02 Å². The molecule has 0 aromatic heterocycles. The molecule has 0 spiro atoms. The van der Waals surface area contributed by atoms with Crippen LogP contribution in [-0.4, -0.2) is 24.5 Å². The lowest BCUT2D eigenvalue weighted by atomic mass is 9.83. The Morgan fingerprint density at radius 2 is 1.71 bits per heavy atom. The van der Waals surface area contributed by atoms with E-state index in [4.69, 9.17) is 26.2 Å². The molecule has 0 saturated carbocycles. The van der Waals surface area contributed by atoms with Crippen LogP contribution in [0, 0.1) is 0 Å². The SMILES string of the molecule is COC(=O)OC1=C(C)CC(C)=C(OC(=O)O)C1c1ccc(Cl)c(C(F)(F)F)c1. The highest BCUT2D eigenvalue weighted by Crippen LogP contribution is 2.45. The topological polar surface area (TPSA) is 82.1 Å². The molecule has 0 radical (unpaired) electrons. The zero-order valence-corrected chi connectivity index (χ0v) is 15.8. The number of benzene rings is 1. The maximum atomic E-state index is 13.3. The van der Waals surface area contributed by atoms with Gasteiger partial charge in [-0.05, 0) is 49.1 Å². The summed E-state index contributed by atoms with van der Waals surface area (Å²) in [4.78, 5) is 22.8. The van der Waals surface area contributed by atoms with Crippen LogP contribution < -0.4 is 0 Å². The third kappa shape index (κ3) is 4.59. The van der Waals surface area contributed by atoms with Crippen molar-refractivity contribution in [3.05, 3.63) is 57.0 Å². The number of carbonyl (C=O) groups is 2. The van der Waals surface area contributed by atoms with Gasteiger partial charge in [0.2, 0.25) is 0 Å². The summed E-state index contributed by atoms with van der Waals surface area (Å²) in [5.41, 5.74) is -0.148. The van der Waals surface area contributed by atoms with Gasteiger partial charge in [-0.25, -0.2) is 9.59 Å². The number of carboxylic acid groups (broad SMARTS) is 1. The number of halogens is 4. The summed E-state index contributed by atoms with van der Waals surface area (Å²) in [5, 5.41) is 8.53. The lowest BCUT2D eigenvalue weighted by molar-refractivity contribution is -0.137. The summed E-state index contributed by atoms with van der Waals surface area (Å²) < 4.78 is 54.3. The minimum Gasteiger partial charge on any atom is -0.449 e. The standard InChI is InChI=1S/C18H16ClF3O6/c1-8-6-9(2)15(28-17(25)26-3)13(14(8)27-16(23)24)10-4-5-12(19)11(7-10)18(20,21)22/h4-5,7,13H,6H2,1-3H3,(H,23,24). The monoisotopic (exact) mass is 420 g/mol. The van der Waals surface area contributed by atoms with E-state index in [-0.39, 0.29) is 23.5 Å². The molecule has 28 heavy (non-hydrogen) atoms. The Kier molecular flexibility index (Phi) is 6.28. The first-order valence-electron chi connectivity index (χ1n) is 7.88. The van der Waals surface area contributed by atoms with Gasteiger partial charge in [0.1, 0.15) is 17.4 Å². The molecule has 1 aliphatic rings. The summed E-state index contributed by atoms with van der Waals surface area (Å²) in [7, 11) is 1.07. The van der Waals surface area contributed by atoms with Crippen molar-refractivity contribution < 1.29 is 42.1 Å². The summed E-state index contributed by atoms with van der Waals surface area (Å²) in [5.74, 6) is -1.42. The number of hydrogen-bond acceptors (Lipinski definition) is 5. The number of methoxy groups -OCH3 is 1. The first-order valence-corrected chi connectivity index (χ1v) is 8.26. The van der Waals surface area contributed by atoms with Gasteiger partial charge < -0.3 is 19.3 Å². The number of rotatable bonds is 3. The Bertz CT molecular complexity index is 873. The van der Waals surface area contributed by atoms with E-state index in [1.54, 1.807) is 13.8 Å². The number of ether oxygens (including phenoxy) is 3. The Morgan fingerprint density at radius 3 is 2.21 bits per heavy atom. The fourth-order valence-electron chi connectivity index (χ4n) is 2.94. The highest BCUT2D eigenvalue weighted by atomic mass is 35.5. The van der Waals surface area contributed by atoms with Crippen molar-refractivity contribution in [1.82, 2.24) is 0 Å². The molecule has 152 valence electrons. The van der Waals surface area contributed by atoms with E-state index in [1.807, 2.05) is 0 Å². The van der Waals surface area contributed by atoms with Gasteiger partial charge in [0.05, 0.1) is 17.7 Å². The molecule has 1 aromatic carbocycles. The molecular formula is C18H16ClF3O6. The maximum Gasteiger partial charge on any atom is 0.513 e. The minimum absolute atomic E-state index is 0.00900. The van der Waals surface area contributed by atoms with E-state index in [0.717, 1.165) is 19.2 Å². The van der Waals surface area contributed by atoms with Crippen LogP contribution in [0.3, 0.4) is 0 Å². The van der Waals surface area contributed by atoms with Gasteiger partial charge in [-0.2, -0.15) is 13.2 Å². The predicted octanol–water partition coefficient (Wildman–Crippen LogP) is 5.87. The van der Waals surface area contributed by atoms with E-state index < -0.39 is 35.0 Å². The average Bonchev–Trinajstić information content (AvgIpc) is 2.58. The van der Waals surface area contributed by atoms with E-state index in [2.05, 4.69) is 4.74 Å². The molecule has 0 saturated heterocycles. The Hall–Kier alpha value is -2.68. The zero-order chi connectivity index (χ0) is 21.2. The van der Waals surface area contributed by atoms with Gasteiger partial charge >= 0.3 is 18.5 Å². The lowest BCUT2D eigenvalue weighted by Crippen LogP contribution is -2.22. The van der Waals surface area contributed by atoms with Gasteiger partial charge in [0.15, 0.2) is 0 Å². The van der Waals surface area contributed by atoms with Crippen LogP contribution in [-0.2, 0) is 20.4 Å². The second-order valence-electron chi connectivity index (χ2n) is 6.06. The molecule has 6 nitrogen and oxygen atoms in total.